The van der Waals surface area contributed by atoms with E-state index in [1.807, 2.05) is 60.7 Å². The van der Waals surface area contributed by atoms with Gasteiger partial charge in [-0.3, -0.25) is 14.4 Å². The molecule has 6 heteroatoms. The molecule has 0 saturated carbocycles. The van der Waals surface area contributed by atoms with Crippen molar-refractivity contribution in [2.45, 2.75) is 44.6 Å². The molecule has 2 atom stereocenters. The zero-order valence-electron chi connectivity index (χ0n) is 16.3. The largest absolute Gasteiger partial charge is 0.481 e. The van der Waals surface area contributed by atoms with Crippen LogP contribution in [0.15, 0.2) is 60.7 Å². The number of carboxylic acid groups (broad SMARTS) is 2. The molecule has 0 aliphatic carbocycles. The summed E-state index contributed by atoms with van der Waals surface area (Å²) in [6, 6.07) is 18.7. The van der Waals surface area contributed by atoms with Gasteiger partial charge in [0.2, 0.25) is 5.91 Å². The minimum atomic E-state index is -0.938. The number of hydrogen-bond acceptors (Lipinski definition) is 3. The average Bonchev–Trinajstić information content (AvgIpc) is 2.68. The summed E-state index contributed by atoms with van der Waals surface area (Å²) < 4.78 is 0. The first kappa shape index (κ1) is 22.1. The minimum Gasteiger partial charge on any atom is -0.481 e. The number of hydrogen-bond donors (Lipinski definition) is 3. The van der Waals surface area contributed by atoms with Crippen molar-refractivity contribution >= 4 is 17.8 Å². The predicted molar refractivity (Wildman–Crippen MR) is 109 cm³/mol. The number of benzene rings is 2. The zero-order valence-corrected chi connectivity index (χ0v) is 16.3. The van der Waals surface area contributed by atoms with Crippen LogP contribution in [-0.4, -0.2) is 34.1 Å². The van der Waals surface area contributed by atoms with Crippen LogP contribution in [0.2, 0.25) is 0 Å². The molecular formula is C23H27NO5. The van der Waals surface area contributed by atoms with Crippen molar-refractivity contribution in [2.24, 2.45) is 5.92 Å². The van der Waals surface area contributed by atoms with Gasteiger partial charge in [-0.2, -0.15) is 0 Å². The Morgan fingerprint density at radius 1 is 0.793 bits per heavy atom. The molecule has 0 aliphatic rings. The lowest BCUT2D eigenvalue weighted by molar-refractivity contribution is -0.142. The van der Waals surface area contributed by atoms with Crippen LogP contribution in [0.1, 0.15) is 36.8 Å². The summed E-state index contributed by atoms with van der Waals surface area (Å²) >= 11 is 0. The smallest absolute Gasteiger partial charge is 0.306 e. The van der Waals surface area contributed by atoms with E-state index in [1.54, 1.807) is 0 Å². The van der Waals surface area contributed by atoms with Gasteiger partial charge in [0, 0.05) is 18.9 Å². The molecule has 1 amide bonds. The molecule has 0 bridgehead atoms. The van der Waals surface area contributed by atoms with E-state index >= 15 is 0 Å². The number of carboxylic acids is 2. The Hall–Kier alpha value is -3.15. The average molecular weight is 397 g/mol. The first-order valence-corrected chi connectivity index (χ1v) is 9.76. The number of rotatable bonds is 12. The van der Waals surface area contributed by atoms with Crippen molar-refractivity contribution in [3.63, 3.8) is 0 Å². The first-order valence-electron chi connectivity index (χ1n) is 9.76. The Morgan fingerprint density at radius 3 is 1.86 bits per heavy atom. The van der Waals surface area contributed by atoms with Gasteiger partial charge in [-0.15, -0.1) is 0 Å². The second-order valence-corrected chi connectivity index (χ2v) is 7.16. The van der Waals surface area contributed by atoms with Gasteiger partial charge in [-0.05, 0) is 36.8 Å². The molecule has 0 spiro atoms. The van der Waals surface area contributed by atoms with Crippen molar-refractivity contribution in [3.05, 3.63) is 71.8 Å². The molecule has 2 rings (SSSR count). The molecule has 0 unspecified atom stereocenters. The highest BCUT2D eigenvalue weighted by atomic mass is 16.4. The van der Waals surface area contributed by atoms with Crippen LogP contribution in [0.5, 0.6) is 0 Å². The van der Waals surface area contributed by atoms with Crippen molar-refractivity contribution in [2.75, 3.05) is 0 Å². The molecule has 0 aromatic heterocycles. The standard InChI is InChI=1S/C23H27NO5/c25-21(12-7-13-22(26)27)24-20(15-18-10-5-2-6-11-18)16-19(23(28)29)14-17-8-3-1-4-9-17/h1-6,8-11,19-20H,7,12-16H2,(H,24,25)(H,26,27)(H,28,29)/t19-,20+/m0/s1. The van der Waals surface area contributed by atoms with E-state index < -0.39 is 17.9 Å². The maximum absolute atomic E-state index is 12.3. The Balaban J connectivity index is 2.06. The molecule has 2 aromatic carbocycles. The van der Waals surface area contributed by atoms with Crippen molar-refractivity contribution in [1.82, 2.24) is 5.32 Å². The molecule has 0 aliphatic heterocycles. The van der Waals surface area contributed by atoms with Crippen LogP contribution < -0.4 is 5.32 Å². The second-order valence-electron chi connectivity index (χ2n) is 7.16. The number of carbonyl (C=O) groups excluding carboxylic acids is 1. The van der Waals surface area contributed by atoms with E-state index in [0.29, 0.717) is 19.3 Å². The van der Waals surface area contributed by atoms with Crippen LogP contribution in [-0.2, 0) is 27.2 Å². The predicted octanol–water partition coefficient (Wildman–Crippen LogP) is 3.30. The minimum absolute atomic E-state index is 0.0669. The molecule has 0 heterocycles. The fraction of sp³-hybridized carbons (Fsp3) is 0.348. The highest BCUT2D eigenvalue weighted by Gasteiger charge is 2.24. The van der Waals surface area contributed by atoms with E-state index in [-0.39, 0.29) is 31.2 Å². The Labute approximate surface area is 170 Å². The van der Waals surface area contributed by atoms with Gasteiger partial charge in [0.05, 0.1) is 5.92 Å². The van der Waals surface area contributed by atoms with E-state index in [4.69, 9.17) is 5.11 Å². The maximum Gasteiger partial charge on any atom is 0.306 e. The lowest BCUT2D eigenvalue weighted by atomic mass is 9.90. The molecule has 2 aromatic rings. The SMILES string of the molecule is O=C(O)CCCC(=O)N[C@H](Cc1ccccc1)C[C@H](Cc1ccccc1)C(=O)O. The van der Waals surface area contributed by atoms with E-state index in [2.05, 4.69) is 5.32 Å². The molecule has 154 valence electrons. The molecule has 29 heavy (non-hydrogen) atoms. The van der Waals surface area contributed by atoms with Gasteiger partial charge in [0.25, 0.3) is 0 Å². The van der Waals surface area contributed by atoms with Crippen LogP contribution in [0.4, 0.5) is 0 Å². The molecule has 0 saturated heterocycles. The van der Waals surface area contributed by atoms with E-state index in [1.165, 1.54) is 0 Å². The molecular weight excluding hydrogens is 370 g/mol. The van der Waals surface area contributed by atoms with Crippen LogP contribution in [0, 0.1) is 5.92 Å². The van der Waals surface area contributed by atoms with Gasteiger partial charge in [0.1, 0.15) is 0 Å². The van der Waals surface area contributed by atoms with Gasteiger partial charge in [-0.25, -0.2) is 0 Å². The topological polar surface area (TPSA) is 104 Å². The van der Waals surface area contributed by atoms with E-state index in [9.17, 15) is 19.5 Å². The van der Waals surface area contributed by atoms with Crippen LogP contribution in [0.3, 0.4) is 0 Å². The zero-order chi connectivity index (χ0) is 21.1. The quantitative estimate of drug-likeness (QED) is 0.510. The van der Waals surface area contributed by atoms with Crippen molar-refractivity contribution < 1.29 is 24.6 Å². The maximum atomic E-state index is 12.3. The lowest BCUT2D eigenvalue weighted by Gasteiger charge is -2.23. The lowest BCUT2D eigenvalue weighted by Crippen LogP contribution is -2.39. The molecule has 0 fully saturated rings. The van der Waals surface area contributed by atoms with Crippen molar-refractivity contribution in [1.29, 1.82) is 0 Å². The summed E-state index contributed by atoms with van der Waals surface area (Å²) in [5.74, 6) is -2.72. The summed E-state index contributed by atoms with van der Waals surface area (Å²) in [5, 5.41) is 21.3. The van der Waals surface area contributed by atoms with Gasteiger partial charge in [-0.1, -0.05) is 60.7 Å². The molecule has 6 nitrogen and oxygen atoms in total. The third kappa shape index (κ3) is 8.60. The highest BCUT2D eigenvalue weighted by Crippen LogP contribution is 2.18. The van der Waals surface area contributed by atoms with Gasteiger partial charge >= 0.3 is 11.9 Å². The fourth-order valence-corrected chi connectivity index (χ4v) is 3.31. The normalized spacial score (nSPS) is 12.7. The Morgan fingerprint density at radius 2 is 1.34 bits per heavy atom. The monoisotopic (exact) mass is 397 g/mol. The summed E-state index contributed by atoms with van der Waals surface area (Å²) in [7, 11) is 0. The molecule has 0 radical (unpaired) electrons. The number of amides is 1. The number of carbonyl (C=O) groups is 3. The van der Waals surface area contributed by atoms with Gasteiger partial charge < -0.3 is 15.5 Å². The fourth-order valence-electron chi connectivity index (χ4n) is 3.31. The summed E-state index contributed by atoms with van der Waals surface area (Å²) in [4.78, 5) is 34.8. The number of nitrogens with one attached hydrogen (secondary N) is 1. The third-order valence-corrected chi connectivity index (χ3v) is 4.73. The Bertz CT molecular complexity index is 791. The number of aliphatic carboxylic acids is 2. The van der Waals surface area contributed by atoms with Crippen LogP contribution in [0.25, 0.3) is 0 Å². The summed E-state index contributed by atoms with van der Waals surface area (Å²) in [6.07, 6.45) is 1.49. The third-order valence-electron chi connectivity index (χ3n) is 4.73. The Kier molecular flexibility index (Phi) is 8.89. The van der Waals surface area contributed by atoms with Gasteiger partial charge in [0.15, 0.2) is 0 Å². The van der Waals surface area contributed by atoms with E-state index in [0.717, 1.165) is 11.1 Å². The molecule has 3 N–H and O–H groups in total. The van der Waals surface area contributed by atoms with Crippen molar-refractivity contribution in [3.8, 4) is 0 Å². The summed E-state index contributed by atoms with van der Waals surface area (Å²) in [6.45, 7) is 0. The second kappa shape index (κ2) is 11.6. The van der Waals surface area contributed by atoms with Crippen LogP contribution >= 0.6 is 0 Å². The summed E-state index contributed by atoms with van der Waals surface area (Å²) in [5.41, 5.74) is 1.94. The first-order chi connectivity index (χ1) is 13.9. The highest BCUT2D eigenvalue weighted by molar-refractivity contribution is 5.77.